The standard InChI is InChI=1S/C18H15N5O2.C2H2O4/c1-22-17(15-3-2-4-16(9-15)23(24)25)12-21-18(22)20-11-14-7-5-13(10-19)6-8-14;3-1(4)2(5)6/h2-9,12H,11H2,1H3,(H,20,21);(H,3,4)(H,5,6). The minimum absolute atomic E-state index is 0.0470. The summed E-state index contributed by atoms with van der Waals surface area (Å²) in [4.78, 5) is 33.1. The molecule has 0 amide bonds. The van der Waals surface area contributed by atoms with E-state index in [1.807, 2.05) is 29.8 Å². The number of imidazole rings is 1. The van der Waals surface area contributed by atoms with E-state index >= 15 is 0 Å². The molecule has 0 saturated heterocycles. The number of carboxylic acid groups (broad SMARTS) is 2. The maximum absolute atomic E-state index is 10.9. The lowest BCUT2D eigenvalue weighted by Crippen LogP contribution is -2.09. The predicted molar refractivity (Wildman–Crippen MR) is 109 cm³/mol. The molecule has 11 nitrogen and oxygen atoms in total. The van der Waals surface area contributed by atoms with Crippen molar-refractivity contribution in [1.82, 2.24) is 9.55 Å². The van der Waals surface area contributed by atoms with Gasteiger partial charge in [0.25, 0.3) is 5.69 Å². The van der Waals surface area contributed by atoms with Crippen LogP contribution in [-0.2, 0) is 23.2 Å². The van der Waals surface area contributed by atoms with E-state index in [1.54, 1.807) is 24.4 Å². The number of carbonyl (C=O) groups is 2. The van der Waals surface area contributed by atoms with E-state index in [-0.39, 0.29) is 5.69 Å². The van der Waals surface area contributed by atoms with Crippen molar-refractivity contribution in [2.24, 2.45) is 7.05 Å². The molecule has 0 radical (unpaired) electrons. The predicted octanol–water partition coefficient (Wildman–Crippen LogP) is 2.63. The lowest BCUT2D eigenvalue weighted by molar-refractivity contribution is -0.384. The number of nitro benzene ring substituents is 1. The van der Waals surface area contributed by atoms with Crippen LogP contribution in [0.4, 0.5) is 11.6 Å². The van der Waals surface area contributed by atoms with Gasteiger partial charge in [-0.1, -0.05) is 24.3 Å². The fourth-order valence-corrected chi connectivity index (χ4v) is 2.50. The molecule has 0 aliphatic carbocycles. The van der Waals surface area contributed by atoms with Gasteiger partial charge in [0.1, 0.15) is 0 Å². The number of carboxylic acids is 2. The van der Waals surface area contributed by atoms with Crippen molar-refractivity contribution >= 4 is 23.6 Å². The Kier molecular flexibility index (Phi) is 7.40. The molecule has 3 N–H and O–H groups in total. The van der Waals surface area contributed by atoms with Crippen molar-refractivity contribution < 1.29 is 24.7 Å². The molecule has 3 rings (SSSR count). The van der Waals surface area contributed by atoms with Crippen LogP contribution in [-0.4, -0.2) is 36.6 Å². The van der Waals surface area contributed by atoms with E-state index in [2.05, 4.69) is 16.4 Å². The molecule has 158 valence electrons. The van der Waals surface area contributed by atoms with Crippen molar-refractivity contribution in [2.75, 3.05) is 5.32 Å². The number of nitriles is 1. The zero-order chi connectivity index (χ0) is 23.0. The number of aliphatic carboxylic acids is 2. The van der Waals surface area contributed by atoms with E-state index in [4.69, 9.17) is 25.1 Å². The second-order valence-corrected chi connectivity index (χ2v) is 6.11. The molecule has 0 aliphatic heterocycles. The lowest BCUT2D eigenvalue weighted by Gasteiger charge is -2.08. The van der Waals surface area contributed by atoms with E-state index in [9.17, 15) is 10.1 Å². The fourth-order valence-electron chi connectivity index (χ4n) is 2.50. The van der Waals surface area contributed by atoms with Crippen LogP contribution in [0.2, 0.25) is 0 Å². The molecule has 11 heteroatoms. The number of rotatable bonds is 5. The number of nitro groups is 1. The summed E-state index contributed by atoms with van der Waals surface area (Å²) in [5.41, 5.74) is 3.21. The van der Waals surface area contributed by atoms with E-state index < -0.39 is 16.9 Å². The molecule has 1 heterocycles. The molecule has 0 atom stereocenters. The fraction of sp³-hybridized carbons (Fsp3) is 0.100. The highest BCUT2D eigenvalue weighted by atomic mass is 16.6. The summed E-state index contributed by atoms with van der Waals surface area (Å²) in [6, 6.07) is 15.9. The van der Waals surface area contributed by atoms with Gasteiger partial charge in [0, 0.05) is 31.3 Å². The Morgan fingerprint density at radius 1 is 1.19 bits per heavy atom. The van der Waals surface area contributed by atoms with Gasteiger partial charge in [-0.2, -0.15) is 5.26 Å². The Morgan fingerprint density at radius 2 is 1.84 bits per heavy atom. The number of non-ortho nitro benzene ring substituents is 1. The van der Waals surface area contributed by atoms with Crippen LogP contribution < -0.4 is 5.32 Å². The summed E-state index contributed by atoms with van der Waals surface area (Å²) in [5.74, 6) is -2.99. The Hall–Kier alpha value is -4.72. The highest BCUT2D eigenvalue weighted by molar-refractivity contribution is 6.27. The lowest BCUT2D eigenvalue weighted by atomic mass is 10.1. The van der Waals surface area contributed by atoms with E-state index in [0.717, 1.165) is 16.8 Å². The highest BCUT2D eigenvalue weighted by Gasteiger charge is 2.12. The molecular weight excluding hydrogens is 406 g/mol. The van der Waals surface area contributed by atoms with Gasteiger partial charge >= 0.3 is 11.9 Å². The van der Waals surface area contributed by atoms with Crippen LogP contribution in [0.5, 0.6) is 0 Å². The Bertz CT molecular complexity index is 1140. The first kappa shape index (κ1) is 22.6. The summed E-state index contributed by atoms with van der Waals surface area (Å²) in [6.07, 6.45) is 1.68. The van der Waals surface area contributed by atoms with Gasteiger partial charge < -0.3 is 20.1 Å². The van der Waals surface area contributed by atoms with E-state index in [0.29, 0.717) is 18.1 Å². The normalized spacial score (nSPS) is 9.68. The van der Waals surface area contributed by atoms with Crippen molar-refractivity contribution in [3.63, 3.8) is 0 Å². The third-order valence-electron chi connectivity index (χ3n) is 4.06. The van der Waals surface area contributed by atoms with Gasteiger partial charge in [-0.25, -0.2) is 14.6 Å². The van der Waals surface area contributed by atoms with Gasteiger partial charge in [0.15, 0.2) is 0 Å². The number of aromatic nitrogens is 2. The third-order valence-corrected chi connectivity index (χ3v) is 4.06. The second-order valence-electron chi connectivity index (χ2n) is 6.11. The highest BCUT2D eigenvalue weighted by Crippen LogP contribution is 2.25. The van der Waals surface area contributed by atoms with Gasteiger partial charge in [0.2, 0.25) is 5.95 Å². The Balaban J connectivity index is 0.000000501. The van der Waals surface area contributed by atoms with Crippen LogP contribution in [0.1, 0.15) is 11.1 Å². The zero-order valence-electron chi connectivity index (χ0n) is 16.2. The quantitative estimate of drug-likeness (QED) is 0.317. The number of hydrogen-bond donors (Lipinski definition) is 3. The minimum atomic E-state index is -1.82. The minimum Gasteiger partial charge on any atom is -0.473 e. The van der Waals surface area contributed by atoms with Gasteiger partial charge in [0.05, 0.1) is 28.4 Å². The monoisotopic (exact) mass is 423 g/mol. The smallest absolute Gasteiger partial charge is 0.414 e. The van der Waals surface area contributed by atoms with Crippen molar-refractivity contribution in [3.8, 4) is 17.3 Å². The number of nitrogens with zero attached hydrogens (tertiary/aromatic N) is 4. The summed E-state index contributed by atoms with van der Waals surface area (Å²) in [6.45, 7) is 0.560. The number of benzene rings is 2. The van der Waals surface area contributed by atoms with Gasteiger partial charge in [-0.15, -0.1) is 0 Å². The molecule has 2 aromatic carbocycles. The molecule has 0 fully saturated rings. The average Bonchev–Trinajstić information content (AvgIpc) is 3.13. The van der Waals surface area contributed by atoms with Crippen molar-refractivity contribution in [3.05, 3.63) is 76.0 Å². The first-order valence-electron chi connectivity index (χ1n) is 8.68. The maximum Gasteiger partial charge on any atom is 0.414 e. The topological polar surface area (TPSA) is 171 Å². The first-order valence-corrected chi connectivity index (χ1v) is 8.68. The summed E-state index contributed by atoms with van der Waals surface area (Å²) >= 11 is 0. The van der Waals surface area contributed by atoms with Crippen LogP contribution in [0.3, 0.4) is 0 Å². The Labute approximate surface area is 176 Å². The van der Waals surface area contributed by atoms with Crippen molar-refractivity contribution in [1.29, 1.82) is 5.26 Å². The second kappa shape index (κ2) is 10.2. The van der Waals surface area contributed by atoms with Crippen molar-refractivity contribution in [2.45, 2.75) is 6.54 Å². The first-order chi connectivity index (χ1) is 14.7. The maximum atomic E-state index is 10.9. The molecule has 1 aromatic heterocycles. The molecule has 0 saturated carbocycles. The van der Waals surface area contributed by atoms with Crippen LogP contribution in [0.15, 0.2) is 54.7 Å². The summed E-state index contributed by atoms with van der Waals surface area (Å²) < 4.78 is 1.85. The molecule has 0 unspecified atom stereocenters. The Morgan fingerprint density at radius 3 is 2.39 bits per heavy atom. The SMILES string of the molecule is Cn1c(-c2cccc([N+](=O)[O-])c2)cnc1NCc1ccc(C#N)cc1.O=C(O)C(=O)O. The molecule has 0 bridgehead atoms. The van der Waals surface area contributed by atoms with E-state index in [1.165, 1.54) is 12.1 Å². The number of nitrogens with one attached hydrogen (secondary N) is 1. The third kappa shape index (κ3) is 6.13. The molecule has 0 aliphatic rings. The van der Waals surface area contributed by atoms with Crippen LogP contribution in [0.25, 0.3) is 11.3 Å². The number of hydrogen-bond acceptors (Lipinski definition) is 7. The van der Waals surface area contributed by atoms with Crippen LogP contribution >= 0.6 is 0 Å². The summed E-state index contributed by atoms with van der Waals surface area (Å²) in [5, 5.41) is 37.8. The molecule has 31 heavy (non-hydrogen) atoms. The van der Waals surface area contributed by atoms with Gasteiger partial charge in [-0.05, 0) is 17.7 Å². The zero-order valence-corrected chi connectivity index (χ0v) is 16.2. The van der Waals surface area contributed by atoms with Gasteiger partial charge in [-0.3, -0.25) is 10.1 Å². The molecule has 3 aromatic rings. The van der Waals surface area contributed by atoms with Crippen LogP contribution in [0, 0.1) is 21.4 Å². The molecular formula is C20H17N5O6. The average molecular weight is 423 g/mol. The summed E-state index contributed by atoms with van der Waals surface area (Å²) in [7, 11) is 1.85. The largest absolute Gasteiger partial charge is 0.473 e. The number of anilines is 1. The molecule has 0 spiro atoms.